The molecule has 1 saturated carbocycles. The van der Waals surface area contributed by atoms with Gasteiger partial charge in [0.05, 0.1) is 18.9 Å². The lowest BCUT2D eigenvalue weighted by Gasteiger charge is -2.26. The van der Waals surface area contributed by atoms with Crippen molar-refractivity contribution >= 4 is 34.5 Å². The predicted molar refractivity (Wildman–Crippen MR) is 55.9 cm³/mol. The Morgan fingerprint density at radius 2 is 2.29 bits per heavy atom. The van der Waals surface area contributed by atoms with Crippen molar-refractivity contribution in [1.29, 1.82) is 0 Å². The van der Waals surface area contributed by atoms with Gasteiger partial charge in [0.1, 0.15) is 6.10 Å². The lowest BCUT2D eigenvalue weighted by molar-refractivity contribution is -0.153. The minimum absolute atomic E-state index is 0.00834. The Morgan fingerprint density at radius 3 is 2.93 bits per heavy atom. The number of alkyl halides is 1. The predicted octanol–water partition coefficient (Wildman–Crippen LogP) is 0.915. The van der Waals surface area contributed by atoms with Crippen LogP contribution in [-0.4, -0.2) is 29.1 Å². The minimum atomic E-state index is -0.298. The van der Waals surface area contributed by atoms with Gasteiger partial charge in [-0.15, -0.1) is 0 Å². The Balaban J connectivity index is 2.18. The molecule has 1 unspecified atom stereocenters. The number of ether oxygens (including phenoxy) is 2. The third kappa shape index (κ3) is 1.51. The van der Waals surface area contributed by atoms with Crippen LogP contribution in [0.15, 0.2) is 0 Å². The van der Waals surface area contributed by atoms with Crippen LogP contribution in [0.2, 0.25) is 0 Å². The molecule has 0 aromatic carbocycles. The van der Waals surface area contributed by atoms with Crippen LogP contribution in [0.3, 0.4) is 0 Å². The number of hydrogen-bond donors (Lipinski definition) is 0. The van der Waals surface area contributed by atoms with Crippen molar-refractivity contribution in [2.45, 2.75) is 22.9 Å². The topological polar surface area (TPSA) is 52.6 Å². The normalized spacial score (nSPS) is 40.6. The van der Waals surface area contributed by atoms with E-state index in [1.807, 2.05) is 0 Å². The van der Waals surface area contributed by atoms with Crippen molar-refractivity contribution < 1.29 is 19.1 Å². The Kier molecular flexibility index (Phi) is 2.68. The average Bonchev–Trinajstić information content (AvgIpc) is 2.50. The zero-order chi connectivity index (χ0) is 10.3. The van der Waals surface area contributed by atoms with Crippen LogP contribution in [0.5, 0.6) is 0 Å². The summed E-state index contributed by atoms with van der Waals surface area (Å²) in [6, 6.07) is 0. The zero-order valence-corrected chi connectivity index (χ0v) is 9.89. The van der Waals surface area contributed by atoms with Crippen molar-refractivity contribution in [3.05, 3.63) is 0 Å². The molecule has 1 saturated heterocycles. The molecule has 1 aliphatic heterocycles. The van der Waals surface area contributed by atoms with Gasteiger partial charge in [-0.1, -0.05) is 22.6 Å². The molecule has 0 amide bonds. The van der Waals surface area contributed by atoms with Crippen LogP contribution in [0.25, 0.3) is 0 Å². The van der Waals surface area contributed by atoms with Crippen molar-refractivity contribution in [3.8, 4) is 0 Å². The molecule has 2 aliphatic rings. The van der Waals surface area contributed by atoms with Crippen molar-refractivity contribution in [3.63, 3.8) is 0 Å². The van der Waals surface area contributed by atoms with Gasteiger partial charge in [0.15, 0.2) is 0 Å². The maximum absolute atomic E-state index is 11.4. The molecule has 1 aliphatic carbocycles. The molecule has 0 N–H and O–H groups in total. The summed E-state index contributed by atoms with van der Waals surface area (Å²) in [5.74, 6) is -1.08. The molecule has 5 heteroatoms. The smallest absolute Gasteiger partial charge is 0.310 e. The summed E-state index contributed by atoms with van der Waals surface area (Å²) in [7, 11) is 1.36. The second kappa shape index (κ2) is 3.67. The molecule has 0 spiro atoms. The fraction of sp³-hybridized carbons (Fsp3) is 0.778. The maximum Gasteiger partial charge on any atom is 0.310 e. The highest BCUT2D eigenvalue weighted by atomic mass is 127. The van der Waals surface area contributed by atoms with E-state index < -0.39 is 0 Å². The molecule has 78 valence electrons. The summed E-state index contributed by atoms with van der Waals surface area (Å²) in [6.07, 6.45) is 1.37. The van der Waals surface area contributed by atoms with Gasteiger partial charge in [-0.3, -0.25) is 9.59 Å². The number of methoxy groups -OCH3 is 1. The Bertz CT molecular complexity index is 278. The molecule has 2 fully saturated rings. The molecule has 2 rings (SSSR count). The molecular weight excluding hydrogens is 299 g/mol. The molecule has 1 heterocycles. The van der Waals surface area contributed by atoms with Crippen LogP contribution in [0, 0.1) is 11.8 Å². The van der Waals surface area contributed by atoms with Crippen LogP contribution < -0.4 is 0 Å². The van der Waals surface area contributed by atoms with Crippen LogP contribution in [0.4, 0.5) is 0 Å². The van der Waals surface area contributed by atoms with E-state index in [9.17, 15) is 9.59 Å². The number of hydrogen-bond acceptors (Lipinski definition) is 4. The van der Waals surface area contributed by atoms with Gasteiger partial charge in [-0.25, -0.2) is 0 Å². The summed E-state index contributed by atoms with van der Waals surface area (Å²) in [5, 5.41) is 0. The SMILES string of the molecule is COC(=O)[C@H]1CC(I)[C@H]2C[C@H]1C(=O)O2. The highest BCUT2D eigenvalue weighted by Gasteiger charge is 2.50. The Morgan fingerprint density at radius 1 is 1.57 bits per heavy atom. The molecule has 2 bridgehead atoms. The summed E-state index contributed by atoms with van der Waals surface area (Å²) in [4.78, 5) is 22.8. The molecule has 4 nitrogen and oxygen atoms in total. The van der Waals surface area contributed by atoms with E-state index in [0.29, 0.717) is 12.8 Å². The lowest BCUT2D eigenvalue weighted by atomic mass is 9.80. The molecule has 4 atom stereocenters. The second-order valence-corrected chi connectivity index (χ2v) is 5.30. The molecule has 0 aromatic heterocycles. The van der Waals surface area contributed by atoms with Gasteiger partial charge in [0.25, 0.3) is 0 Å². The standard InChI is InChI=1S/C9H11IO4/c1-13-8(11)4-2-6(10)7-3-5(4)9(12)14-7/h4-7H,2-3H2,1H3/t4-,5+,6?,7+/m0/s1. The quantitative estimate of drug-likeness (QED) is 0.410. The first-order valence-electron chi connectivity index (χ1n) is 4.56. The first-order chi connectivity index (χ1) is 6.63. The van der Waals surface area contributed by atoms with E-state index >= 15 is 0 Å². The van der Waals surface area contributed by atoms with Gasteiger partial charge in [-0.05, 0) is 12.8 Å². The zero-order valence-electron chi connectivity index (χ0n) is 7.73. The molecule has 14 heavy (non-hydrogen) atoms. The maximum atomic E-state index is 11.4. The summed E-state index contributed by atoms with van der Waals surface area (Å²) in [6.45, 7) is 0. The van der Waals surface area contributed by atoms with Crippen molar-refractivity contribution in [2.75, 3.05) is 7.11 Å². The van der Waals surface area contributed by atoms with E-state index in [2.05, 4.69) is 27.3 Å². The molecule has 0 aromatic rings. The van der Waals surface area contributed by atoms with E-state index in [1.54, 1.807) is 0 Å². The fourth-order valence-corrected chi connectivity index (χ4v) is 3.14. The van der Waals surface area contributed by atoms with Gasteiger partial charge in [0.2, 0.25) is 0 Å². The number of carbonyl (C=O) groups is 2. The van der Waals surface area contributed by atoms with E-state index in [0.717, 1.165) is 0 Å². The van der Waals surface area contributed by atoms with E-state index in [1.165, 1.54) is 7.11 Å². The van der Waals surface area contributed by atoms with Gasteiger partial charge in [0, 0.05) is 3.92 Å². The number of carbonyl (C=O) groups excluding carboxylic acids is 2. The fourth-order valence-electron chi connectivity index (χ4n) is 2.15. The summed E-state index contributed by atoms with van der Waals surface area (Å²) >= 11 is 2.24. The number of halogens is 1. The first kappa shape index (κ1) is 10.2. The minimum Gasteiger partial charge on any atom is -0.469 e. The third-order valence-electron chi connectivity index (χ3n) is 2.93. The number of rotatable bonds is 1. The summed E-state index contributed by atoms with van der Waals surface area (Å²) in [5.41, 5.74) is 0. The average molecular weight is 310 g/mol. The van der Waals surface area contributed by atoms with E-state index in [-0.39, 0.29) is 33.8 Å². The lowest BCUT2D eigenvalue weighted by Crippen LogP contribution is -2.35. The van der Waals surface area contributed by atoms with Gasteiger partial charge < -0.3 is 9.47 Å². The second-order valence-electron chi connectivity index (χ2n) is 3.70. The number of esters is 2. The molecule has 0 radical (unpaired) electrons. The van der Waals surface area contributed by atoms with Crippen LogP contribution >= 0.6 is 22.6 Å². The Labute approximate surface area is 95.5 Å². The van der Waals surface area contributed by atoms with Crippen LogP contribution in [0.1, 0.15) is 12.8 Å². The highest BCUT2D eigenvalue weighted by molar-refractivity contribution is 14.1. The van der Waals surface area contributed by atoms with Gasteiger partial charge >= 0.3 is 11.9 Å². The Hall–Kier alpha value is -0.330. The van der Waals surface area contributed by atoms with E-state index in [4.69, 9.17) is 4.74 Å². The number of fused-ring (bicyclic) bond motifs is 2. The third-order valence-corrected chi connectivity index (χ3v) is 4.24. The van der Waals surface area contributed by atoms with Crippen LogP contribution in [-0.2, 0) is 19.1 Å². The van der Waals surface area contributed by atoms with Crippen molar-refractivity contribution in [1.82, 2.24) is 0 Å². The molecular formula is C9H11IO4. The monoisotopic (exact) mass is 310 g/mol. The summed E-state index contributed by atoms with van der Waals surface area (Å²) < 4.78 is 10.1. The van der Waals surface area contributed by atoms with Gasteiger partial charge in [-0.2, -0.15) is 0 Å². The first-order valence-corrected chi connectivity index (χ1v) is 5.80. The highest BCUT2D eigenvalue weighted by Crippen LogP contribution is 2.42. The largest absolute Gasteiger partial charge is 0.469 e. The van der Waals surface area contributed by atoms with Crippen molar-refractivity contribution in [2.24, 2.45) is 11.8 Å².